The number of methoxy groups -OCH3 is 1. The van der Waals surface area contributed by atoms with Gasteiger partial charge in [-0.05, 0) is 48.4 Å². The molecule has 0 radical (unpaired) electrons. The van der Waals surface area contributed by atoms with Gasteiger partial charge in [0, 0.05) is 5.56 Å². The van der Waals surface area contributed by atoms with Crippen molar-refractivity contribution in [2.75, 3.05) is 7.11 Å². The highest BCUT2D eigenvalue weighted by atomic mass is 16.5. The number of ether oxygens (including phenoxy) is 1. The molecule has 102 valence electrons. The molecule has 0 spiro atoms. The number of ketones is 1. The molecular formula is C18H18O2. The van der Waals surface area contributed by atoms with Gasteiger partial charge in [-0.25, -0.2) is 0 Å². The van der Waals surface area contributed by atoms with E-state index in [0.717, 1.165) is 11.3 Å². The third-order valence-electron chi connectivity index (χ3n) is 4.08. The molecular weight excluding hydrogens is 248 g/mol. The third-order valence-corrected chi connectivity index (χ3v) is 4.08. The van der Waals surface area contributed by atoms with Crippen LogP contribution in [-0.4, -0.2) is 12.9 Å². The van der Waals surface area contributed by atoms with Gasteiger partial charge in [-0.15, -0.1) is 0 Å². The fraction of sp³-hybridized carbons (Fsp3) is 0.278. The normalized spacial score (nSPS) is 20.5. The molecule has 0 aromatic heterocycles. The summed E-state index contributed by atoms with van der Waals surface area (Å²) in [5.41, 5.74) is 3.48. The van der Waals surface area contributed by atoms with Gasteiger partial charge >= 0.3 is 0 Å². The Labute approximate surface area is 119 Å². The molecule has 2 atom stereocenters. The van der Waals surface area contributed by atoms with E-state index < -0.39 is 0 Å². The number of hydrogen-bond donors (Lipinski definition) is 0. The van der Waals surface area contributed by atoms with Crippen molar-refractivity contribution in [3.8, 4) is 5.75 Å². The van der Waals surface area contributed by atoms with Crippen molar-refractivity contribution in [2.24, 2.45) is 0 Å². The summed E-state index contributed by atoms with van der Waals surface area (Å²) < 4.78 is 5.18. The van der Waals surface area contributed by atoms with Crippen LogP contribution in [0.2, 0.25) is 0 Å². The fourth-order valence-corrected chi connectivity index (χ4v) is 2.75. The van der Waals surface area contributed by atoms with Crippen LogP contribution in [0.15, 0.2) is 48.5 Å². The van der Waals surface area contributed by atoms with E-state index in [1.165, 1.54) is 17.5 Å². The van der Waals surface area contributed by atoms with Crippen LogP contribution in [0, 0.1) is 0 Å². The lowest BCUT2D eigenvalue weighted by Gasteiger charge is -2.04. The predicted molar refractivity (Wildman–Crippen MR) is 79.5 cm³/mol. The monoisotopic (exact) mass is 266 g/mol. The van der Waals surface area contributed by atoms with Gasteiger partial charge < -0.3 is 4.74 Å². The van der Waals surface area contributed by atoms with Gasteiger partial charge in [-0.3, -0.25) is 4.79 Å². The summed E-state index contributed by atoms with van der Waals surface area (Å²) in [6.45, 7) is 1.60. The lowest BCUT2D eigenvalue weighted by molar-refractivity contribution is 0.101. The van der Waals surface area contributed by atoms with E-state index in [2.05, 4.69) is 24.3 Å². The number of rotatable bonds is 4. The van der Waals surface area contributed by atoms with Crippen molar-refractivity contribution < 1.29 is 9.53 Å². The summed E-state index contributed by atoms with van der Waals surface area (Å²) in [5, 5.41) is 0. The Morgan fingerprint density at radius 1 is 0.950 bits per heavy atom. The lowest BCUT2D eigenvalue weighted by Crippen LogP contribution is -1.92. The number of carbonyl (C=O) groups is 1. The van der Waals surface area contributed by atoms with Crippen molar-refractivity contribution in [1.29, 1.82) is 0 Å². The van der Waals surface area contributed by atoms with Crippen LogP contribution in [0.5, 0.6) is 5.75 Å². The SMILES string of the molecule is COc1ccc([C@@H]2C[C@H]2c2ccc(C(C)=O)cc2)cc1. The minimum absolute atomic E-state index is 0.124. The zero-order chi connectivity index (χ0) is 14.1. The molecule has 3 rings (SSSR count). The van der Waals surface area contributed by atoms with Crippen LogP contribution in [0.4, 0.5) is 0 Å². The molecule has 1 aliphatic carbocycles. The van der Waals surface area contributed by atoms with Crippen LogP contribution in [0.25, 0.3) is 0 Å². The maximum absolute atomic E-state index is 11.3. The summed E-state index contributed by atoms with van der Waals surface area (Å²) in [4.78, 5) is 11.3. The molecule has 0 saturated heterocycles. The molecule has 2 aromatic rings. The first-order valence-electron chi connectivity index (χ1n) is 6.94. The molecule has 2 nitrogen and oxygen atoms in total. The summed E-state index contributed by atoms with van der Waals surface area (Å²) in [5.74, 6) is 2.21. The molecule has 0 amide bonds. The Hall–Kier alpha value is -2.09. The lowest BCUT2D eigenvalue weighted by atomic mass is 10.0. The molecule has 0 unspecified atom stereocenters. The second kappa shape index (κ2) is 5.12. The van der Waals surface area contributed by atoms with Gasteiger partial charge in [0.05, 0.1) is 7.11 Å². The van der Waals surface area contributed by atoms with Crippen LogP contribution < -0.4 is 4.74 Å². The van der Waals surface area contributed by atoms with E-state index in [1.54, 1.807) is 14.0 Å². The average Bonchev–Trinajstić information content (AvgIpc) is 3.28. The van der Waals surface area contributed by atoms with Crippen LogP contribution in [-0.2, 0) is 0 Å². The van der Waals surface area contributed by atoms with Crippen molar-refractivity contribution in [1.82, 2.24) is 0 Å². The molecule has 1 saturated carbocycles. The predicted octanol–water partition coefficient (Wildman–Crippen LogP) is 4.17. The second-order valence-electron chi connectivity index (χ2n) is 5.40. The largest absolute Gasteiger partial charge is 0.497 e. The van der Waals surface area contributed by atoms with E-state index in [4.69, 9.17) is 4.74 Å². The maximum atomic E-state index is 11.3. The molecule has 1 fully saturated rings. The van der Waals surface area contributed by atoms with Gasteiger partial charge in [0.1, 0.15) is 5.75 Å². The summed E-state index contributed by atoms with van der Waals surface area (Å²) >= 11 is 0. The third kappa shape index (κ3) is 2.46. The Kier molecular flexibility index (Phi) is 3.31. The summed E-state index contributed by atoms with van der Waals surface area (Å²) in [6.07, 6.45) is 1.19. The molecule has 1 aliphatic rings. The quantitative estimate of drug-likeness (QED) is 0.776. The molecule has 0 N–H and O–H groups in total. The first-order chi connectivity index (χ1) is 9.69. The van der Waals surface area contributed by atoms with Gasteiger partial charge in [-0.2, -0.15) is 0 Å². The molecule has 2 heteroatoms. The van der Waals surface area contributed by atoms with Gasteiger partial charge in [0.15, 0.2) is 5.78 Å². The highest BCUT2D eigenvalue weighted by molar-refractivity contribution is 5.94. The standard InChI is InChI=1S/C18H18O2/c1-12(19)13-3-5-14(6-4-13)17-11-18(17)15-7-9-16(20-2)10-8-15/h3-10,17-18H,11H2,1-2H3/t17-,18-/m0/s1. The van der Waals surface area contributed by atoms with Crippen LogP contribution in [0.1, 0.15) is 46.7 Å². The van der Waals surface area contributed by atoms with Gasteiger partial charge in [0.2, 0.25) is 0 Å². The first-order valence-corrected chi connectivity index (χ1v) is 6.94. The summed E-state index contributed by atoms with van der Waals surface area (Å²) in [7, 11) is 1.69. The molecule has 20 heavy (non-hydrogen) atoms. The maximum Gasteiger partial charge on any atom is 0.159 e. The number of carbonyl (C=O) groups excluding carboxylic acids is 1. The van der Waals surface area contributed by atoms with E-state index in [-0.39, 0.29) is 5.78 Å². The van der Waals surface area contributed by atoms with Crippen molar-refractivity contribution >= 4 is 5.78 Å². The zero-order valence-corrected chi connectivity index (χ0v) is 11.8. The Balaban J connectivity index is 1.73. The topological polar surface area (TPSA) is 26.3 Å². The Bertz CT molecular complexity index is 611. The molecule has 0 aliphatic heterocycles. The van der Waals surface area contributed by atoms with Crippen molar-refractivity contribution in [2.45, 2.75) is 25.2 Å². The average molecular weight is 266 g/mol. The van der Waals surface area contributed by atoms with Crippen molar-refractivity contribution in [3.63, 3.8) is 0 Å². The van der Waals surface area contributed by atoms with Crippen LogP contribution >= 0.6 is 0 Å². The van der Waals surface area contributed by atoms with Gasteiger partial charge in [0.25, 0.3) is 0 Å². The Morgan fingerprint density at radius 3 is 1.90 bits per heavy atom. The number of benzene rings is 2. The van der Waals surface area contributed by atoms with E-state index in [1.807, 2.05) is 24.3 Å². The fourth-order valence-electron chi connectivity index (χ4n) is 2.75. The zero-order valence-electron chi connectivity index (χ0n) is 11.8. The highest BCUT2D eigenvalue weighted by Crippen LogP contribution is 2.54. The summed E-state index contributed by atoms with van der Waals surface area (Å²) in [6, 6.07) is 16.4. The minimum atomic E-state index is 0.124. The minimum Gasteiger partial charge on any atom is -0.497 e. The molecule has 2 aromatic carbocycles. The molecule has 0 bridgehead atoms. The smallest absolute Gasteiger partial charge is 0.159 e. The van der Waals surface area contributed by atoms with E-state index in [9.17, 15) is 4.79 Å². The number of Topliss-reactive ketones (excluding diaryl/α,β-unsaturated/α-hetero) is 1. The van der Waals surface area contributed by atoms with Gasteiger partial charge in [-0.1, -0.05) is 36.4 Å². The second-order valence-corrected chi connectivity index (χ2v) is 5.40. The van der Waals surface area contributed by atoms with Crippen LogP contribution in [0.3, 0.4) is 0 Å². The highest BCUT2D eigenvalue weighted by Gasteiger charge is 2.39. The van der Waals surface area contributed by atoms with E-state index >= 15 is 0 Å². The first kappa shape index (κ1) is 12.9. The van der Waals surface area contributed by atoms with Crippen molar-refractivity contribution in [3.05, 3.63) is 65.2 Å². The molecule has 0 heterocycles. The Morgan fingerprint density at radius 2 is 1.45 bits per heavy atom. The number of hydrogen-bond acceptors (Lipinski definition) is 2. The van der Waals surface area contributed by atoms with E-state index in [0.29, 0.717) is 11.8 Å².